The quantitative estimate of drug-likeness (QED) is 0.714. The van der Waals surface area contributed by atoms with Crippen molar-refractivity contribution in [1.82, 2.24) is 0 Å². The summed E-state index contributed by atoms with van der Waals surface area (Å²) < 4.78 is 0. The molecule has 0 aromatic carbocycles. The number of aliphatic hydroxyl groups excluding tert-OH is 1. The molecule has 0 aliphatic heterocycles. The van der Waals surface area contributed by atoms with Crippen molar-refractivity contribution >= 4 is 0 Å². The summed E-state index contributed by atoms with van der Waals surface area (Å²) in [7, 11) is 0. The van der Waals surface area contributed by atoms with E-state index in [0.717, 1.165) is 30.1 Å². The summed E-state index contributed by atoms with van der Waals surface area (Å²) in [4.78, 5) is 0. The Bertz CT molecular complexity index is 424. The van der Waals surface area contributed by atoms with Crippen molar-refractivity contribution in [1.29, 1.82) is 0 Å². The molecule has 0 bridgehead atoms. The first-order chi connectivity index (χ1) is 9.95. The molecule has 4 saturated carbocycles. The molecule has 4 aliphatic rings. The average molecular weight is 291 g/mol. The predicted molar refractivity (Wildman–Crippen MR) is 85.7 cm³/mol. The summed E-state index contributed by atoms with van der Waals surface area (Å²) in [5, 5.41) is 10.5. The lowest BCUT2D eigenvalue weighted by atomic mass is 9.45. The zero-order valence-corrected chi connectivity index (χ0v) is 13.9. The minimum atomic E-state index is -0.0336. The third-order valence-corrected chi connectivity index (χ3v) is 8.66. The Morgan fingerprint density at radius 1 is 0.857 bits per heavy atom. The lowest BCUT2D eigenvalue weighted by Gasteiger charge is -2.60. The van der Waals surface area contributed by atoms with Gasteiger partial charge in [0.25, 0.3) is 0 Å². The van der Waals surface area contributed by atoms with Gasteiger partial charge in [-0.3, -0.25) is 0 Å². The van der Waals surface area contributed by atoms with Gasteiger partial charge in [-0.05, 0) is 92.3 Å². The van der Waals surface area contributed by atoms with Crippen LogP contribution in [0.15, 0.2) is 0 Å². The Morgan fingerprint density at radius 2 is 1.57 bits per heavy atom. The van der Waals surface area contributed by atoms with Crippen LogP contribution in [0.5, 0.6) is 0 Å². The van der Waals surface area contributed by atoms with E-state index in [4.69, 9.17) is 5.73 Å². The second-order valence-electron chi connectivity index (χ2n) is 9.33. The van der Waals surface area contributed by atoms with Crippen LogP contribution in [-0.2, 0) is 0 Å². The van der Waals surface area contributed by atoms with Gasteiger partial charge in [-0.1, -0.05) is 13.8 Å². The van der Waals surface area contributed by atoms with Gasteiger partial charge in [0.05, 0.1) is 6.10 Å². The standard InChI is InChI=1S/C19H33NO/c1-18-9-7-13(20)11-12(18)3-4-14-15-5-6-17(21)19(15,2)10-8-16(14)18/h12-17,21H,3-11,20H2,1-2H3/t12?,13-,14?,15?,16?,17?,18-,19-/m0/s1. The monoisotopic (exact) mass is 291 g/mol. The van der Waals surface area contributed by atoms with Crippen molar-refractivity contribution in [2.24, 2.45) is 40.2 Å². The molecule has 0 heterocycles. The molecule has 0 radical (unpaired) electrons. The Kier molecular flexibility index (Phi) is 3.25. The van der Waals surface area contributed by atoms with E-state index in [2.05, 4.69) is 13.8 Å². The normalized spacial score (nSPS) is 60.0. The maximum absolute atomic E-state index is 10.5. The highest BCUT2D eigenvalue weighted by Crippen LogP contribution is 2.66. The van der Waals surface area contributed by atoms with E-state index >= 15 is 0 Å². The molecule has 4 fully saturated rings. The Morgan fingerprint density at radius 3 is 2.38 bits per heavy atom. The molecule has 0 aromatic rings. The SMILES string of the molecule is C[C@]12CC[C@H](N)CC1CCC1C2CC[C@]2(C)C(O)CCC12. The summed E-state index contributed by atoms with van der Waals surface area (Å²) in [5.41, 5.74) is 7.04. The fraction of sp³-hybridized carbons (Fsp3) is 1.00. The Labute approximate surface area is 129 Å². The molecule has 5 unspecified atom stereocenters. The second-order valence-corrected chi connectivity index (χ2v) is 9.33. The maximum atomic E-state index is 10.5. The number of rotatable bonds is 0. The number of fused-ring (bicyclic) bond motifs is 5. The maximum Gasteiger partial charge on any atom is 0.0596 e. The summed E-state index contributed by atoms with van der Waals surface area (Å²) in [6.45, 7) is 4.98. The van der Waals surface area contributed by atoms with E-state index in [9.17, 15) is 5.11 Å². The van der Waals surface area contributed by atoms with Crippen molar-refractivity contribution in [3.05, 3.63) is 0 Å². The first kappa shape index (κ1) is 14.5. The van der Waals surface area contributed by atoms with Gasteiger partial charge < -0.3 is 10.8 Å². The van der Waals surface area contributed by atoms with E-state index in [-0.39, 0.29) is 11.5 Å². The van der Waals surface area contributed by atoms with Crippen LogP contribution in [0.4, 0.5) is 0 Å². The van der Waals surface area contributed by atoms with Crippen LogP contribution < -0.4 is 5.73 Å². The summed E-state index contributed by atoms with van der Waals surface area (Å²) >= 11 is 0. The lowest BCUT2D eigenvalue weighted by Crippen LogP contribution is -2.55. The summed E-state index contributed by atoms with van der Waals surface area (Å²) in [5.74, 6) is 3.46. The zero-order valence-electron chi connectivity index (χ0n) is 13.9. The van der Waals surface area contributed by atoms with Crippen molar-refractivity contribution in [3.63, 3.8) is 0 Å². The van der Waals surface area contributed by atoms with E-state index in [0.29, 0.717) is 11.5 Å². The lowest BCUT2D eigenvalue weighted by molar-refractivity contribution is -0.122. The summed E-state index contributed by atoms with van der Waals surface area (Å²) in [6.07, 6.45) is 11.6. The van der Waals surface area contributed by atoms with Crippen molar-refractivity contribution < 1.29 is 5.11 Å². The van der Waals surface area contributed by atoms with Crippen LogP contribution in [0.2, 0.25) is 0 Å². The van der Waals surface area contributed by atoms with Gasteiger partial charge in [0, 0.05) is 6.04 Å². The van der Waals surface area contributed by atoms with Crippen LogP contribution >= 0.6 is 0 Å². The molecule has 4 aliphatic carbocycles. The third-order valence-electron chi connectivity index (χ3n) is 8.66. The first-order valence-corrected chi connectivity index (χ1v) is 9.39. The van der Waals surface area contributed by atoms with Gasteiger partial charge in [0.15, 0.2) is 0 Å². The molecule has 0 saturated heterocycles. The number of hydrogen-bond acceptors (Lipinski definition) is 2. The highest BCUT2D eigenvalue weighted by Gasteiger charge is 2.59. The number of nitrogens with two attached hydrogens (primary N) is 1. The van der Waals surface area contributed by atoms with Crippen LogP contribution in [-0.4, -0.2) is 17.3 Å². The van der Waals surface area contributed by atoms with E-state index in [1.807, 2.05) is 0 Å². The minimum Gasteiger partial charge on any atom is -0.393 e. The predicted octanol–water partition coefficient (Wildman–Crippen LogP) is 3.72. The fourth-order valence-corrected chi connectivity index (χ4v) is 7.26. The number of hydrogen-bond donors (Lipinski definition) is 2. The molecular weight excluding hydrogens is 258 g/mol. The van der Waals surface area contributed by atoms with E-state index in [1.165, 1.54) is 51.4 Å². The largest absolute Gasteiger partial charge is 0.393 e. The minimum absolute atomic E-state index is 0.0336. The van der Waals surface area contributed by atoms with Crippen LogP contribution in [0.1, 0.15) is 71.6 Å². The fourth-order valence-electron chi connectivity index (χ4n) is 7.26. The van der Waals surface area contributed by atoms with Gasteiger partial charge in [-0.25, -0.2) is 0 Å². The van der Waals surface area contributed by atoms with E-state index < -0.39 is 0 Å². The van der Waals surface area contributed by atoms with Gasteiger partial charge >= 0.3 is 0 Å². The molecule has 8 atom stereocenters. The topological polar surface area (TPSA) is 46.2 Å². The van der Waals surface area contributed by atoms with E-state index in [1.54, 1.807) is 0 Å². The Balaban J connectivity index is 1.62. The van der Waals surface area contributed by atoms with Crippen molar-refractivity contribution in [2.45, 2.75) is 83.8 Å². The third kappa shape index (κ3) is 1.91. The van der Waals surface area contributed by atoms with Gasteiger partial charge in [-0.2, -0.15) is 0 Å². The summed E-state index contributed by atoms with van der Waals surface area (Å²) in [6, 6.07) is 0.460. The smallest absolute Gasteiger partial charge is 0.0596 e. The van der Waals surface area contributed by atoms with Crippen LogP contribution in [0, 0.1) is 34.5 Å². The molecule has 2 nitrogen and oxygen atoms in total. The molecule has 120 valence electrons. The van der Waals surface area contributed by atoms with Crippen LogP contribution in [0.25, 0.3) is 0 Å². The highest BCUT2D eigenvalue weighted by molar-refractivity contribution is 5.09. The van der Waals surface area contributed by atoms with Gasteiger partial charge in [0.1, 0.15) is 0 Å². The number of aliphatic hydroxyl groups is 1. The van der Waals surface area contributed by atoms with Gasteiger partial charge in [0.2, 0.25) is 0 Å². The molecular formula is C19H33NO. The van der Waals surface area contributed by atoms with Crippen molar-refractivity contribution in [2.75, 3.05) is 0 Å². The Hall–Kier alpha value is -0.0800. The molecule has 0 aromatic heterocycles. The van der Waals surface area contributed by atoms with Crippen molar-refractivity contribution in [3.8, 4) is 0 Å². The highest BCUT2D eigenvalue weighted by atomic mass is 16.3. The molecule has 0 spiro atoms. The zero-order chi connectivity index (χ0) is 14.8. The molecule has 3 N–H and O–H groups in total. The molecule has 4 rings (SSSR count). The average Bonchev–Trinajstić information content (AvgIpc) is 2.76. The molecule has 2 heteroatoms. The first-order valence-electron chi connectivity index (χ1n) is 9.39. The molecule has 0 amide bonds. The van der Waals surface area contributed by atoms with Gasteiger partial charge in [-0.15, -0.1) is 0 Å². The van der Waals surface area contributed by atoms with Crippen LogP contribution in [0.3, 0.4) is 0 Å². The second kappa shape index (κ2) is 4.71. The molecule has 21 heavy (non-hydrogen) atoms.